The van der Waals surface area contributed by atoms with E-state index in [1.165, 1.54) is 12.0 Å². The standard InChI is InChI=1S/C18H27N3O.HI/c1-3-19-18(21-16-11-13(16)2)20-12-15-9-10-22-17(15)14-7-5-4-6-8-14;/h4-8,13,15-17H,3,9-12H2,1-2H3,(H2,19,20,21);1H. The first kappa shape index (κ1) is 18.5. The molecule has 0 spiro atoms. The molecule has 2 aliphatic rings. The molecule has 3 rings (SSSR count). The van der Waals surface area contributed by atoms with Crippen molar-refractivity contribution in [2.45, 2.75) is 38.8 Å². The highest BCUT2D eigenvalue weighted by molar-refractivity contribution is 14.0. The van der Waals surface area contributed by atoms with Crippen LogP contribution in [-0.2, 0) is 4.74 Å². The summed E-state index contributed by atoms with van der Waals surface area (Å²) in [6.45, 7) is 6.94. The summed E-state index contributed by atoms with van der Waals surface area (Å²) in [6, 6.07) is 11.1. The fraction of sp³-hybridized carbons (Fsp3) is 0.611. The van der Waals surface area contributed by atoms with Gasteiger partial charge in [0.2, 0.25) is 0 Å². The molecule has 2 N–H and O–H groups in total. The highest BCUT2D eigenvalue weighted by Crippen LogP contribution is 2.34. The van der Waals surface area contributed by atoms with E-state index in [1.54, 1.807) is 0 Å². The average Bonchev–Trinajstić information content (AvgIpc) is 3.03. The Balaban J connectivity index is 0.00000192. The Bertz CT molecular complexity index is 508. The van der Waals surface area contributed by atoms with Crippen molar-refractivity contribution < 1.29 is 4.74 Å². The summed E-state index contributed by atoms with van der Waals surface area (Å²) in [5.41, 5.74) is 1.27. The lowest BCUT2D eigenvalue weighted by molar-refractivity contribution is 0.0925. The van der Waals surface area contributed by atoms with Crippen LogP contribution in [0, 0.1) is 11.8 Å². The summed E-state index contributed by atoms with van der Waals surface area (Å²) in [6.07, 6.45) is 2.53. The SMILES string of the molecule is CCNC(=NCC1CCOC1c1ccccc1)NC1CC1C.I. The van der Waals surface area contributed by atoms with Crippen molar-refractivity contribution in [2.24, 2.45) is 16.8 Å². The van der Waals surface area contributed by atoms with Crippen LogP contribution in [0.2, 0.25) is 0 Å². The maximum absolute atomic E-state index is 5.94. The Morgan fingerprint density at radius 2 is 2.04 bits per heavy atom. The van der Waals surface area contributed by atoms with Crippen molar-refractivity contribution in [3.8, 4) is 0 Å². The quantitative estimate of drug-likeness (QED) is 0.429. The van der Waals surface area contributed by atoms with Gasteiger partial charge in [-0.15, -0.1) is 24.0 Å². The summed E-state index contributed by atoms with van der Waals surface area (Å²) in [5, 5.41) is 6.87. The molecule has 1 saturated heterocycles. The van der Waals surface area contributed by atoms with Crippen molar-refractivity contribution in [1.29, 1.82) is 0 Å². The Morgan fingerprint density at radius 3 is 2.70 bits per heavy atom. The molecule has 1 heterocycles. The minimum Gasteiger partial charge on any atom is -0.373 e. The van der Waals surface area contributed by atoms with Crippen molar-refractivity contribution in [3.63, 3.8) is 0 Å². The van der Waals surface area contributed by atoms with E-state index < -0.39 is 0 Å². The third kappa shape index (κ3) is 5.08. The molecular formula is C18H28IN3O. The van der Waals surface area contributed by atoms with Gasteiger partial charge in [0.1, 0.15) is 0 Å². The largest absolute Gasteiger partial charge is 0.373 e. The molecule has 1 aliphatic heterocycles. The van der Waals surface area contributed by atoms with E-state index in [2.05, 4.69) is 54.8 Å². The number of nitrogens with zero attached hydrogens (tertiary/aromatic N) is 1. The van der Waals surface area contributed by atoms with Crippen LogP contribution in [0.25, 0.3) is 0 Å². The minimum atomic E-state index is 0. The van der Waals surface area contributed by atoms with Crippen LogP contribution < -0.4 is 10.6 Å². The monoisotopic (exact) mass is 429 g/mol. The number of aliphatic imine (C=N–C) groups is 1. The molecule has 1 saturated carbocycles. The Kier molecular flexibility index (Phi) is 7.14. The van der Waals surface area contributed by atoms with Gasteiger partial charge in [0, 0.05) is 31.7 Å². The topological polar surface area (TPSA) is 45.7 Å². The highest BCUT2D eigenvalue weighted by atomic mass is 127. The second-order valence-electron chi connectivity index (χ2n) is 6.43. The lowest BCUT2D eigenvalue weighted by Gasteiger charge is -2.18. The molecule has 0 bridgehead atoms. The lowest BCUT2D eigenvalue weighted by Crippen LogP contribution is -2.39. The number of benzene rings is 1. The van der Waals surface area contributed by atoms with E-state index in [0.29, 0.717) is 12.0 Å². The Morgan fingerprint density at radius 1 is 1.30 bits per heavy atom. The van der Waals surface area contributed by atoms with Crippen LogP contribution in [0.5, 0.6) is 0 Å². The highest BCUT2D eigenvalue weighted by Gasteiger charge is 2.33. The predicted molar refractivity (Wildman–Crippen MR) is 105 cm³/mol. The van der Waals surface area contributed by atoms with Gasteiger partial charge in [-0.1, -0.05) is 37.3 Å². The zero-order chi connectivity index (χ0) is 15.4. The first-order valence-corrected chi connectivity index (χ1v) is 8.49. The summed E-state index contributed by atoms with van der Waals surface area (Å²) in [7, 11) is 0. The van der Waals surface area contributed by atoms with E-state index in [9.17, 15) is 0 Å². The maximum atomic E-state index is 5.94. The van der Waals surface area contributed by atoms with Gasteiger partial charge in [-0.05, 0) is 31.2 Å². The van der Waals surface area contributed by atoms with E-state index in [0.717, 1.165) is 38.0 Å². The number of guanidine groups is 1. The van der Waals surface area contributed by atoms with Gasteiger partial charge in [0.15, 0.2) is 5.96 Å². The summed E-state index contributed by atoms with van der Waals surface area (Å²) in [4.78, 5) is 4.80. The number of nitrogens with one attached hydrogen (secondary N) is 2. The molecule has 128 valence electrons. The van der Waals surface area contributed by atoms with Gasteiger partial charge < -0.3 is 15.4 Å². The van der Waals surface area contributed by atoms with E-state index in [1.807, 2.05) is 0 Å². The molecule has 1 aliphatic carbocycles. The molecule has 5 heteroatoms. The van der Waals surface area contributed by atoms with Gasteiger partial charge in [0.25, 0.3) is 0 Å². The van der Waals surface area contributed by atoms with Crippen LogP contribution >= 0.6 is 24.0 Å². The second-order valence-corrected chi connectivity index (χ2v) is 6.43. The van der Waals surface area contributed by atoms with Gasteiger partial charge in [0.05, 0.1) is 6.10 Å². The summed E-state index contributed by atoms with van der Waals surface area (Å²) in [5.74, 6) is 2.20. The lowest BCUT2D eigenvalue weighted by atomic mass is 9.95. The Labute approximate surface area is 156 Å². The molecule has 4 atom stereocenters. The van der Waals surface area contributed by atoms with Crippen LogP contribution in [0.15, 0.2) is 35.3 Å². The summed E-state index contributed by atoms with van der Waals surface area (Å²) >= 11 is 0. The van der Waals surface area contributed by atoms with Gasteiger partial charge in [-0.25, -0.2) is 0 Å². The molecule has 0 amide bonds. The normalized spacial score (nSPS) is 29.7. The fourth-order valence-electron chi connectivity index (χ4n) is 3.06. The molecule has 1 aromatic rings. The number of hydrogen-bond acceptors (Lipinski definition) is 2. The second kappa shape index (κ2) is 8.87. The molecule has 2 fully saturated rings. The number of halogens is 1. The van der Waals surface area contributed by atoms with Crippen LogP contribution in [-0.4, -0.2) is 31.7 Å². The predicted octanol–water partition coefficient (Wildman–Crippen LogP) is 3.35. The molecule has 4 unspecified atom stereocenters. The number of ether oxygens (including phenoxy) is 1. The molecule has 1 aromatic carbocycles. The van der Waals surface area contributed by atoms with E-state index in [4.69, 9.17) is 9.73 Å². The summed E-state index contributed by atoms with van der Waals surface area (Å²) < 4.78 is 5.94. The third-order valence-corrected chi connectivity index (χ3v) is 4.60. The molecular weight excluding hydrogens is 401 g/mol. The third-order valence-electron chi connectivity index (χ3n) is 4.60. The van der Waals surface area contributed by atoms with Crippen LogP contribution in [0.4, 0.5) is 0 Å². The van der Waals surface area contributed by atoms with Gasteiger partial charge in [-0.3, -0.25) is 4.99 Å². The molecule has 0 aromatic heterocycles. The van der Waals surface area contributed by atoms with Crippen molar-refractivity contribution >= 4 is 29.9 Å². The average molecular weight is 429 g/mol. The number of hydrogen-bond donors (Lipinski definition) is 2. The van der Waals surface area contributed by atoms with Gasteiger partial charge in [-0.2, -0.15) is 0 Å². The van der Waals surface area contributed by atoms with Crippen LogP contribution in [0.1, 0.15) is 38.4 Å². The maximum Gasteiger partial charge on any atom is 0.191 e. The van der Waals surface area contributed by atoms with Gasteiger partial charge >= 0.3 is 0 Å². The van der Waals surface area contributed by atoms with Crippen LogP contribution in [0.3, 0.4) is 0 Å². The van der Waals surface area contributed by atoms with Crippen molar-refractivity contribution in [1.82, 2.24) is 10.6 Å². The van der Waals surface area contributed by atoms with E-state index >= 15 is 0 Å². The number of rotatable bonds is 5. The first-order valence-electron chi connectivity index (χ1n) is 8.49. The van der Waals surface area contributed by atoms with Crippen molar-refractivity contribution in [3.05, 3.63) is 35.9 Å². The first-order chi connectivity index (χ1) is 10.8. The smallest absolute Gasteiger partial charge is 0.191 e. The Hall–Kier alpha value is -0.820. The molecule has 4 nitrogen and oxygen atoms in total. The van der Waals surface area contributed by atoms with E-state index in [-0.39, 0.29) is 30.1 Å². The fourth-order valence-corrected chi connectivity index (χ4v) is 3.06. The molecule has 23 heavy (non-hydrogen) atoms. The van der Waals surface area contributed by atoms with Crippen molar-refractivity contribution in [2.75, 3.05) is 19.7 Å². The zero-order valence-electron chi connectivity index (χ0n) is 14.0. The minimum absolute atomic E-state index is 0. The molecule has 0 radical (unpaired) electrons. The zero-order valence-corrected chi connectivity index (χ0v) is 16.3.